The monoisotopic (exact) mass is 258 g/mol. The third-order valence-corrected chi connectivity index (χ3v) is 2.81. The van der Waals surface area contributed by atoms with E-state index in [4.69, 9.17) is 4.74 Å². The van der Waals surface area contributed by atoms with E-state index in [1.807, 2.05) is 18.2 Å². The Bertz CT molecular complexity index is 492. The first-order valence-electron chi connectivity index (χ1n) is 6.52. The Morgan fingerprint density at radius 1 is 1.26 bits per heavy atom. The van der Waals surface area contributed by atoms with Gasteiger partial charge in [0, 0.05) is 0 Å². The van der Waals surface area contributed by atoms with E-state index < -0.39 is 0 Å². The Kier molecular flexibility index (Phi) is 6.07. The van der Waals surface area contributed by atoms with E-state index in [-0.39, 0.29) is 5.97 Å². The number of benzene rings is 1. The molecule has 1 aromatic carbocycles. The highest BCUT2D eigenvalue weighted by atomic mass is 16.5. The first-order chi connectivity index (χ1) is 9.02. The number of rotatable bonds is 5. The Morgan fingerprint density at radius 2 is 2.00 bits per heavy atom. The van der Waals surface area contributed by atoms with Crippen LogP contribution in [0.25, 0.3) is 6.08 Å². The molecule has 0 N–H and O–H groups in total. The zero-order chi connectivity index (χ0) is 14.3. The minimum Gasteiger partial charge on any atom is -0.465 e. The molecule has 0 aromatic heterocycles. The number of carbonyl (C=O) groups is 1. The van der Waals surface area contributed by atoms with Crippen LogP contribution >= 0.6 is 0 Å². The molecule has 0 heterocycles. The van der Waals surface area contributed by atoms with Gasteiger partial charge >= 0.3 is 5.97 Å². The second-order valence-corrected chi connectivity index (χ2v) is 4.93. The summed E-state index contributed by atoms with van der Waals surface area (Å²) in [6.07, 6.45) is 6.45. The van der Waals surface area contributed by atoms with Gasteiger partial charge in [-0.3, -0.25) is 0 Å². The highest BCUT2D eigenvalue weighted by Crippen LogP contribution is 2.14. The van der Waals surface area contributed by atoms with Crippen molar-refractivity contribution in [2.75, 3.05) is 7.11 Å². The van der Waals surface area contributed by atoms with Gasteiger partial charge in [-0.25, -0.2) is 4.79 Å². The molecule has 0 atom stereocenters. The maximum Gasteiger partial charge on any atom is 0.337 e. The van der Waals surface area contributed by atoms with Crippen LogP contribution in [0.2, 0.25) is 0 Å². The van der Waals surface area contributed by atoms with Crippen molar-refractivity contribution in [3.05, 3.63) is 52.6 Å². The fraction of sp³-hybridized carbons (Fsp3) is 0.353. The van der Waals surface area contributed by atoms with Crippen LogP contribution in [0.5, 0.6) is 0 Å². The van der Waals surface area contributed by atoms with E-state index in [0.717, 1.165) is 18.4 Å². The molecule has 1 aromatic rings. The first kappa shape index (κ1) is 15.2. The largest absolute Gasteiger partial charge is 0.465 e. The molecule has 0 aliphatic heterocycles. The Balaban J connectivity index is 2.75. The lowest BCUT2D eigenvalue weighted by molar-refractivity contribution is 0.0600. The predicted molar refractivity (Wildman–Crippen MR) is 80.1 cm³/mol. The van der Waals surface area contributed by atoms with Gasteiger partial charge in [0.15, 0.2) is 0 Å². The van der Waals surface area contributed by atoms with E-state index in [0.29, 0.717) is 5.56 Å². The Hall–Kier alpha value is -1.83. The molecule has 0 unspecified atom stereocenters. The average molecular weight is 258 g/mol. The van der Waals surface area contributed by atoms with E-state index in [1.54, 1.807) is 6.07 Å². The molecule has 2 heteroatoms. The van der Waals surface area contributed by atoms with Crippen molar-refractivity contribution < 1.29 is 9.53 Å². The van der Waals surface area contributed by atoms with E-state index in [2.05, 4.69) is 32.9 Å². The molecule has 1 rings (SSSR count). The molecule has 0 aliphatic carbocycles. The van der Waals surface area contributed by atoms with Crippen molar-refractivity contribution in [1.82, 2.24) is 0 Å². The molecular formula is C17H22O2. The number of methoxy groups -OCH3 is 1. The molecule has 0 saturated heterocycles. The molecule has 2 nitrogen and oxygen atoms in total. The van der Waals surface area contributed by atoms with Crippen LogP contribution < -0.4 is 0 Å². The summed E-state index contributed by atoms with van der Waals surface area (Å²) in [4.78, 5) is 11.4. The number of carbonyl (C=O) groups excluding carboxylic acids is 1. The van der Waals surface area contributed by atoms with Crippen molar-refractivity contribution in [3.8, 4) is 0 Å². The van der Waals surface area contributed by atoms with Crippen molar-refractivity contribution in [1.29, 1.82) is 0 Å². The quantitative estimate of drug-likeness (QED) is 0.569. The molecule has 19 heavy (non-hydrogen) atoms. The molecule has 0 radical (unpaired) electrons. The predicted octanol–water partition coefficient (Wildman–Crippen LogP) is 4.62. The minimum atomic E-state index is -0.294. The summed E-state index contributed by atoms with van der Waals surface area (Å²) in [6.45, 7) is 6.33. The van der Waals surface area contributed by atoms with Crippen LogP contribution in [0, 0.1) is 0 Å². The highest BCUT2D eigenvalue weighted by Gasteiger charge is 2.04. The summed E-state index contributed by atoms with van der Waals surface area (Å²) in [6, 6.07) is 7.50. The lowest BCUT2D eigenvalue weighted by atomic mass is 10.0. The number of hydrogen-bond donors (Lipinski definition) is 0. The van der Waals surface area contributed by atoms with Crippen LogP contribution in [-0.2, 0) is 4.74 Å². The van der Waals surface area contributed by atoms with E-state index in [9.17, 15) is 4.79 Å². The molecule has 0 bridgehead atoms. The van der Waals surface area contributed by atoms with Gasteiger partial charge in [-0.1, -0.05) is 35.4 Å². The van der Waals surface area contributed by atoms with Gasteiger partial charge in [-0.15, -0.1) is 0 Å². The summed E-state index contributed by atoms with van der Waals surface area (Å²) in [5, 5.41) is 0. The molecule has 0 amide bonds. The van der Waals surface area contributed by atoms with Crippen molar-refractivity contribution in [2.24, 2.45) is 0 Å². The number of allylic oxidation sites excluding steroid dienone is 3. The second-order valence-electron chi connectivity index (χ2n) is 4.93. The van der Waals surface area contributed by atoms with Crippen molar-refractivity contribution in [3.63, 3.8) is 0 Å². The van der Waals surface area contributed by atoms with Gasteiger partial charge in [-0.05, 0) is 51.3 Å². The van der Waals surface area contributed by atoms with Crippen LogP contribution in [0.4, 0.5) is 0 Å². The molecular weight excluding hydrogens is 236 g/mol. The van der Waals surface area contributed by atoms with E-state index in [1.165, 1.54) is 18.3 Å². The lowest BCUT2D eigenvalue weighted by Crippen LogP contribution is -2.00. The smallest absolute Gasteiger partial charge is 0.337 e. The maximum atomic E-state index is 11.4. The Morgan fingerprint density at radius 3 is 2.63 bits per heavy atom. The summed E-state index contributed by atoms with van der Waals surface area (Å²) in [7, 11) is 1.40. The molecule has 0 saturated carbocycles. The average Bonchev–Trinajstić information content (AvgIpc) is 2.37. The first-order valence-corrected chi connectivity index (χ1v) is 6.52. The third-order valence-electron chi connectivity index (χ3n) is 2.81. The summed E-state index contributed by atoms with van der Waals surface area (Å²) in [5.41, 5.74) is 4.28. The number of esters is 1. The third kappa shape index (κ3) is 5.56. The number of hydrogen-bond acceptors (Lipinski definition) is 2. The zero-order valence-corrected chi connectivity index (χ0v) is 12.2. The summed E-state index contributed by atoms with van der Waals surface area (Å²) < 4.78 is 4.72. The van der Waals surface area contributed by atoms with Crippen molar-refractivity contribution >= 4 is 12.0 Å². The standard InChI is InChI=1S/C17H22O2/c1-13(2)7-5-8-14(3)11-15-9-6-10-16(12-15)17(18)19-4/h6-7,9-12H,5,8H2,1-4H3/b14-11+. The van der Waals surface area contributed by atoms with Gasteiger partial charge in [0.2, 0.25) is 0 Å². The fourth-order valence-corrected chi connectivity index (χ4v) is 1.82. The van der Waals surface area contributed by atoms with Crippen molar-refractivity contribution in [2.45, 2.75) is 33.6 Å². The number of ether oxygens (including phenoxy) is 1. The second kappa shape index (κ2) is 7.57. The maximum absolute atomic E-state index is 11.4. The van der Waals surface area contributed by atoms with Gasteiger partial charge in [0.05, 0.1) is 12.7 Å². The Labute approximate surface area is 115 Å². The lowest BCUT2D eigenvalue weighted by Gasteiger charge is -2.02. The molecule has 102 valence electrons. The van der Waals surface area contributed by atoms with E-state index >= 15 is 0 Å². The van der Waals surface area contributed by atoms with Crippen LogP contribution in [-0.4, -0.2) is 13.1 Å². The van der Waals surface area contributed by atoms with Crippen LogP contribution in [0.3, 0.4) is 0 Å². The minimum absolute atomic E-state index is 0.294. The SMILES string of the molecule is COC(=O)c1cccc(/C=C(\C)CCC=C(C)C)c1. The molecule has 0 aliphatic rings. The normalized spacial score (nSPS) is 11.1. The van der Waals surface area contributed by atoms with Crippen LogP contribution in [0.15, 0.2) is 41.5 Å². The highest BCUT2D eigenvalue weighted by molar-refractivity contribution is 5.90. The molecule has 0 fully saturated rings. The van der Waals surface area contributed by atoms with Gasteiger partial charge in [0.1, 0.15) is 0 Å². The zero-order valence-electron chi connectivity index (χ0n) is 12.2. The summed E-state index contributed by atoms with van der Waals surface area (Å²) >= 11 is 0. The fourth-order valence-electron chi connectivity index (χ4n) is 1.82. The van der Waals surface area contributed by atoms with Gasteiger partial charge < -0.3 is 4.74 Å². The molecule has 0 spiro atoms. The van der Waals surface area contributed by atoms with Gasteiger partial charge in [-0.2, -0.15) is 0 Å². The van der Waals surface area contributed by atoms with Crippen LogP contribution in [0.1, 0.15) is 49.5 Å². The topological polar surface area (TPSA) is 26.3 Å². The summed E-state index contributed by atoms with van der Waals surface area (Å²) in [5.74, 6) is -0.294. The van der Waals surface area contributed by atoms with Gasteiger partial charge in [0.25, 0.3) is 0 Å².